The lowest BCUT2D eigenvalue weighted by atomic mass is 10.00. The fourth-order valence-electron chi connectivity index (χ4n) is 2.59. The normalized spacial score (nSPS) is 21.9. The first-order valence-corrected chi connectivity index (χ1v) is 12.8. The molecule has 0 aliphatic carbocycles. The molecule has 1 rings (SSSR count). The van der Waals surface area contributed by atoms with E-state index in [4.69, 9.17) is 14.0 Å². The number of amides is 1. The van der Waals surface area contributed by atoms with Crippen molar-refractivity contribution >= 4 is 14.4 Å². The van der Waals surface area contributed by atoms with Crippen LogP contribution in [0.5, 0.6) is 0 Å². The summed E-state index contributed by atoms with van der Waals surface area (Å²) < 4.78 is 12.0. The Morgan fingerprint density at radius 3 is 2.37 bits per heavy atom. The van der Waals surface area contributed by atoms with Crippen molar-refractivity contribution in [2.75, 3.05) is 19.8 Å². The molecule has 6 nitrogen and oxygen atoms in total. The maximum Gasteiger partial charge on any atom is 0.410 e. The van der Waals surface area contributed by atoms with Crippen LogP contribution in [0, 0.1) is 0 Å². The number of carbonyl (C=O) groups excluding carboxylic acids is 1. The fourth-order valence-corrected chi connectivity index (χ4v) is 3.63. The average Bonchev–Trinajstić information content (AvgIpc) is 2.51. The van der Waals surface area contributed by atoms with E-state index >= 15 is 0 Å². The Labute approximate surface area is 166 Å². The first-order valence-electron chi connectivity index (χ1n) is 9.88. The summed E-state index contributed by atoms with van der Waals surface area (Å²) in [5.41, 5.74) is 2.51. The van der Waals surface area contributed by atoms with Crippen molar-refractivity contribution in [3.63, 3.8) is 0 Å². The van der Waals surface area contributed by atoms with E-state index in [1.807, 2.05) is 20.8 Å². The van der Waals surface area contributed by atoms with Gasteiger partial charge in [0, 0.05) is 6.54 Å². The van der Waals surface area contributed by atoms with Crippen molar-refractivity contribution in [1.29, 1.82) is 0 Å². The van der Waals surface area contributed by atoms with Gasteiger partial charge in [-0.05, 0) is 51.7 Å². The molecule has 0 aromatic rings. The Hall–Kier alpha value is -0.893. The highest BCUT2D eigenvalue weighted by molar-refractivity contribution is 6.74. The first kappa shape index (κ1) is 24.1. The fraction of sp³-hybridized carbons (Fsp3) is 0.850. The van der Waals surface area contributed by atoms with E-state index in [2.05, 4.69) is 45.9 Å². The average molecular weight is 401 g/mol. The highest BCUT2D eigenvalue weighted by Crippen LogP contribution is 2.37. The van der Waals surface area contributed by atoms with E-state index in [9.17, 15) is 4.79 Å². The van der Waals surface area contributed by atoms with Crippen molar-refractivity contribution in [1.82, 2.24) is 10.4 Å². The quantitative estimate of drug-likeness (QED) is 0.295. The molecule has 1 N–H and O–H groups in total. The highest BCUT2D eigenvalue weighted by atomic mass is 28.4. The monoisotopic (exact) mass is 400 g/mol. The summed E-state index contributed by atoms with van der Waals surface area (Å²) in [4.78, 5) is 20.0. The molecule has 1 heterocycles. The van der Waals surface area contributed by atoms with Crippen LogP contribution in [0.4, 0.5) is 4.79 Å². The molecule has 0 bridgehead atoms. The van der Waals surface area contributed by atoms with E-state index in [0.29, 0.717) is 19.8 Å². The van der Waals surface area contributed by atoms with E-state index in [1.165, 1.54) is 0 Å². The van der Waals surface area contributed by atoms with Gasteiger partial charge in [-0.25, -0.2) is 4.79 Å². The zero-order chi connectivity index (χ0) is 20.9. The number of piperidine rings is 1. The number of nitrogens with zero attached hydrogens (tertiary/aromatic N) is 1. The van der Waals surface area contributed by atoms with Gasteiger partial charge in [-0.2, -0.15) is 5.48 Å². The van der Waals surface area contributed by atoms with Gasteiger partial charge in [-0.15, -0.1) is 6.58 Å². The largest absolute Gasteiger partial charge is 0.444 e. The number of carbonyl (C=O) groups is 1. The number of hydroxylamine groups is 1. The summed E-state index contributed by atoms with van der Waals surface area (Å²) in [6, 6.07) is 0.0908. The molecule has 1 amide bonds. The Balaban J connectivity index is 2.81. The standard InChI is InChI=1S/C20H40N2O4Si/c1-10-13-24-21-16-11-12-17(15-25-27(8,9)20(5,6)7)22(14-16)18(23)26-19(2,3)4/h10,16-17,21H,1,11-15H2,2-9H3/t16-,17+/m1/s1. The predicted molar refractivity (Wildman–Crippen MR) is 112 cm³/mol. The minimum atomic E-state index is -1.87. The molecule has 2 atom stereocenters. The van der Waals surface area contributed by atoms with Crippen LogP contribution in [0.1, 0.15) is 54.4 Å². The smallest absolute Gasteiger partial charge is 0.410 e. The van der Waals surface area contributed by atoms with E-state index < -0.39 is 13.9 Å². The van der Waals surface area contributed by atoms with Gasteiger partial charge in [0.2, 0.25) is 0 Å². The van der Waals surface area contributed by atoms with E-state index in [1.54, 1.807) is 11.0 Å². The van der Waals surface area contributed by atoms with Crippen molar-refractivity contribution in [3.05, 3.63) is 12.7 Å². The molecule has 1 aliphatic rings. The second-order valence-corrected chi connectivity index (χ2v) is 14.7. The lowest BCUT2D eigenvalue weighted by Crippen LogP contribution is -2.56. The van der Waals surface area contributed by atoms with Crippen LogP contribution in [0.15, 0.2) is 12.7 Å². The van der Waals surface area contributed by atoms with Gasteiger partial charge >= 0.3 is 6.09 Å². The third-order valence-corrected chi connectivity index (χ3v) is 9.73. The molecule has 0 saturated carbocycles. The zero-order valence-electron chi connectivity index (χ0n) is 18.6. The SMILES string of the molecule is C=CCON[C@@H]1CC[C@@H](CO[Si](C)(C)C(C)(C)C)N(C(=O)OC(C)(C)C)C1. The molecule has 0 spiro atoms. The molecule has 0 aromatic heterocycles. The van der Waals surface area contributed by atoms with Gasteiger partial charge in [0.15, 0.2) is 8.32 Å². The van der Waals surface area contributed by atoms with Crippen molar-refractivity contribution in [2.45, 2.75) is 90.2 Å². The van der Waals surface area contributed by atoms with Gasteiger partial charge in [0.25, 0.3) is 0 Å². The zero-order valence-corrected chi connectivity index (χ0v) is 19.6. The Morgan fingerprint density at radius 1 is 1.22 bits per heavy atom. The second-order valence-electron chi connectivity index (χ2n) is 9.85. The molecule has 0 aromatic carbocycles. The molecule has 27 heavy (non-hydrogen) atoms. The molecule has 1 fully saturated rings. The Morgan fingerprint density at radius 2 is 1.85 bits per heavy atom. The van der Waals surface area contributed by atoms with Crippen molar-refractivity contribution in [3.8, 4) is 0 Å². The van der Waals surface area contributed by atoms with Crippen LogP contribution >= 0.6 is 0 Å². The Kier molecular flexibility index (Phi) is 8.53. The summed E-state index contributed by atoms with van der Waals surface area (Å²) in [6.07, 6.45) is 3.17. The number of nitrogens with one attached hydrogen (secondary N) is 1. The van der Waals surface area contributed by atoms with E-state index in [0.717, 1.165) is 12.8 Å². The molecule has 158 valence electrons. The molecular weight excluding hydrogens is 360 g/mol. The summed E-state index contributed by atoms with van der Waals surface area (Å²) in [6.45, 7) is 22.0. The van der Waals surface area contributed by atoms with Crippen molar-refractivity contribution < 1.29 is 18.8 Å². The summed E-state index contributed by atoms with van der Waals surface area (Å²) in [7, 11) is -1.87. The molecule has 1 saturated heterocycles. The molecule has 0 unspecified atom stereocenters. The van der Waals surface area contributed by atoms with E-state index in [-0.39, 0.29) is 23.2 Å². The van der Waals surface area contributed by atoms with Gasteiger partial charge in [-0.1, -0.05) is 26.8 Å². The van der Waals surface area contributed by atoms with Gasteiger partial charge in [-0.3, -0.25) is 4.84 Å². The number of likely N-dealkylation sites (tertiary alicyclic amines) is 1. The van der Waals surface area contributed by atoms with Gasteiger partial charge in [0.05, 0.1) is 25.3 Å². The lowest BCUT2D eigenvalue weighted by molar-refractivity contribution is -0.0264. The molecular formula is C20H40N2O4Si. The van der Waals surface area contributed by atoms with Crippen LogP contribution in [0.2, 0.25) is 18.1 Å². The van der Waals surface area contributed by atoms with Gasteiger partial charge in [0.1, 0.15) is 5.60 Å². The summed E-state index contributed by atoms with van der Waals surface area (Å²) >= 11 is 0. The molecule has 7 heteroatoms. The van der Waals surface area contributed by atoms with Gasteiger partial charge < -0.3 is 14.1 Å². The molecule has 0 radical (unpaired) electrons. The minimum Gasteiger partial charge on any atom is -0.444 e. The minimum absolute atomic E-state index is 0.0198. The summed E-state index contributed by atoms with van der Waals surface area (Å²) in [5.74, 6) is 0. The predicted octanol–water partition coefficient (Wildman–Crippen LogP) is 4.48. The third-order valence-electron chi connectivity index (χ3n) is 5.23. The number of rotatable bonds is 7. The molecule has 1 aliphatic heterocycles. The van der Waals surface area contributed by atoms with Crippen LogP contribution in [0.25, 0.3) is 0 Å². The lowest BCUT2D eigenvalue weighted by Gasteiger charge is -2.43. The number of hydrogen-bond donors (Lipinski definition) is 1. The van der Waals surface area contributed by atoms with Crippen LogP contribution in [0.3, 0.4) is 0 Å². The Bertz CT molecular complexity index is 497. The maximum absolute atomic E-state index is 12.8. The maximum atomic E-state index is 12.8. The topological polar surface area (TPSA) is 60.0 Å². The highest BCUT2D eigenvalue weighted by Gasteiger charge is 2.40. The first-order chi connectivity index (χ1) is 12.3. The second kappa shape index (κ2) is 9.54. The van der Waals surface area contributed by atoms with Crippen molar-refractivity contribution in [2.24, 2.45) is 0 Å². The number of hydrogen-bond acceptors (Lipinski definition) is 5. The van der Waals surface area contributed by atoms with Crippen LogP contribution < -0.4 is 5.48 Å². The summed E-state index contributed by atoms with van der Waals surface area (Å²) in [5, 5.41) is 0.140. The number of ether oxygens (including phenoxy) is 1. The third kappa shape index (κ3) is 7.93. The van der Waals surface area contributed by atoms with Crippen LogP contribution in [-0.4, -0.2) is 56.8 Å². The van der Waals surface area contributed by atoms with Crippen LogP contribution in [-0.2, 0) is 14.0 Å².